The van der Waals surface area contributed by atoms with E-state index in [2.05, 4.69) is 15.5 Å². The van der Waals surface area contributed by atoms with E-state index in [0.717, 1.165) is 24.1 Å². The minimum absolute atomic E-state index is 0.0905. The number of hydrogen-bond donors (Lipinski definition) is 2. The number of urea groups is 1. The van der Waals surface area contributed by atoms with E-state index in [4.69, 9.17) is 4.74 Å². The van der Waals surface area contributed by atoms with Crippen LogP contribution in [0, 0.1) is 5.82 Å². The van der Waals surface area contributed by atoms with Crippen molar-refractivity contribution in [3.63, 3.8) is 0 Å². The number of halogens is 1. The quantitative estimate of drug-likeness (QED) is 0.875. The van der Waals surface area contributed by atoms with E-state index >= 15 is 0 Å². The molecule has 2 N–H and O–H groups in total. The van der Waals surface area contributed by atoms with Crippen LogP contribution in [0.2, 0.25) is 0 Å². The van der Waals surface area contributed by atoms with E-state index in [-0.39, 0.29) is 18.0 Å². The largest absolute Gasteiger partial charge is 0.375 e. The van der Waals surface area contributed by atoms with Crippen LogP contribution in [0.4, 0.5) is 9.18 Å². The third-order valence-electron chi connectivity index (χ3n) is 4.71. The fourth-order valence-corrected chi connectivity index (χ4v) is 3.19. The van der Waals surface area contributed by atoms with Gasteiger partial charge in [-0.15, -0.1) is 0 Å². The zero-order valence-electron chi connectivity index (χ0n) is 14.2. The van der Waals surface area contributed by atoms with Crippen molar-refractivity contribution in [1.29, 1.82) is 0 Å². The van der Waals surface area contributed by atoms with Crippen molar-refractivity contribution in [2.75, 3.05) is 26.7 Å². The van der Waals surface area contributed by atoms with Crippen LogP contribution >= 0.6 is 0 Å². The normalized spacial score (nSPS) is 16.6. The molecule has 2 heterocycles. The van der Waals surface area contributed by atoms with E-state index in [9.17, 15) is 9.18 Å². The SMILES string of the molecule is CO[C@@H](CNC(=O)N1CCC(c2ccn[nH]2)CC1)c1ccc(F)cc1. The van der Waals surface area contributed by atoms with Gasteiger partial charge in [-0.1, -0.05) is 12.1 Å². The molecule has 1 saturated heterocycles. The first kappa shape index (κ1) is 17.4. The van der Waals surface area contributed by atoms with Crippen LogP contribution in [0.5, 0.6) is 0 Å². The van der Waals surface area contributed by atoms with Crippen molar-refractivity contribution in [1.82, 2.24) is 20.4 Å². The highest BCUT2D eigenvalue weighted by molar-refractivity contribution is 5.74. The second-order valence-corrected chi connectivity index (χ2v) is 6.24. The standard InChI is InChI=1S/C18H23FN4O2/c1-25-17(14-2-4-15(19)5-3-14)12-20-18(24)23-10-7-13(8-11-23)16-6-9-21-22-16/h2-6,9,13,17H,7-8,10-12H2,1H3,(H,20,24)(H,21,22)/t17-/m0/s1. The van der Waals surface area contributed by atoms with Crippen molar-refractivity contribution in [3.8, 4) is 0 Å². The Labute approximate surface area is 146 Å². The Balaban J connectivity index is 1.48. The Morgan fingerprint density at radius 2 is 2.08 bits per heavy atom. The van der Waals surface area contributed by atoms with Gasteiger partial charge in [0.1, 0.15) is 5.82 Å². The van der Waals surface area contributed by atoms with Gasteiger partial charge in [-0.3, -0.25) is 5.10 Å². The molecule has 1 aliphatic rings. The number of H-pyrrole nitrogens is 1. The molecular formula is C18H23FN4O2. The first-order valence-corrected chi connectivity index (χ1v) is 8.47. The number of ether oxygens (including phenoxy) is 1. The summed E-state index contributed by atoms with van der Waals surface area (Å²) in [4.78, 5) is 14.2. The van der Waals surface area contributed by atoms with Gasteiger partial charge in [0, 0.05) is 44.6 Å². The molecule has 0 saturated carbocycles. The summed E-state index contributed by atoms with van der Waals surface area (Å²) in [6.45, 7) is 1.77. The Morgan fingerprint density at radius 1 is 1.36 bits per heavy atom. The van der Waals surface area contributed by atoms with E-state index in [1.54, 1.807) is 25.4 Å². The zero-order valence-corrected chi connectivity index (χ0v) is 14.2. The zero-order chi connectivity index (χ0) is 17.6. The first-order valence-electron chi connectivity index (χ1n) is 8.47. The Hall–Kier alpha value is -2.41. The molecule has 3 rings (SSSR count). The highest BCUT2D eigenvalue weighted by Gasteiger charge is 2.25. The second-order valence-electron chi connectivity index (χ2n) is 6.24. The number of carbonyl (C=O) groups is 1. The molecule has 1 aliphatic heterocycles. The minimum Gasteiger partial charge on any atom is -0.375 e. The number of aromatic amines is 1. The van der Waals surface area contributed by atoms with Crippen LogP contribution in [0.15, 0.2) is 36.5 Å². The van der Waals surface area contributed by atoms with Gasteiger partial charge >= 0.3 is 6.03 Å². The fourth-order valence-electron chi connectivity index (χ4n) is 3.19. The lowest BCUT2D eigenvalue weighted by molar-refractivity contribution is 0.100. The molecule has 0 aliphatic carbocycles. The molecule has 7 heteroatoms. The Kier molecular flexibility index (Phi) is 5.65. The summed E-state index contributed by atoms with van der Waals surface area (Å²) in [6.07, 6.45) is 3.30. The average molecular weight is 346 g/mol. The Bertz CT molecular complexity index is 667. The number of rotatable bonds is 5. The molecule has 1 fully saturated rings. The number of aromatic nitrogens is 2. The van der Waals surface area contributed by atoms with E-state index in [1.807, 2.05) is 11.0 Å². The smallest absolute Gasteiger partial charge is 0.317 e. The molecule has 0 unspecified atom stereocenters. The van der Waals surface area contributed by atoms with Gasteiger partial charge < -0.3 is 15.0 Å². The van der Waals surface area contributed by atoms with Crippen LogP contribution in [-0.2, 0) is 4.74 Å². The number of nitrogens with zero attached hydrogens (tertiary/aromatic N) is 2. The molecule has 0 radical (unpaired) electrons. The molecule has 1 aromatic carbocycles. The summed E-state index contributed by atoms with van der Waals surface area (Å²) >= 11 is 0. The summed E-state index contributed by atoms with van der Waals surface area (Å²) in [7, 11) is 1.58. The van der Waals surface area contributed by atoms with E-state index in [1.165, 1.54) is 12.1 Å². The van der Waals surface area contributed by atoms with Crippen LogP contribution in [0.3, 0.4) is 0 Å². The van der Waals surface area contributed by atoms with Gasteiger partial charge in [-0.2, -0.15) is 5.10 Å². The first-order chi connectivity index (χ1) is 12.2. The Morgan fingerprint density at radius 3 is 2.68 bits per heavy atom. The molecule has 0 spiro atoms. The molecule has 0 bridgehead atoms. The van der Waals surface area contributed by atoms with Crippen LogP contribution in [-0.4, -0.2) is 47.9 Å². The monoisotopic (exact) mass is 346 g/mol. The highest BCUT2D eigenvalue weighted by atomic mass is 19.1. The molecule has 134 valence electrons. The maximum atomic E-state index is 13.0. The van der Waals surface area contributed by atoms with Crippen molar-refractivity contribution in [2.24, 2.45) is 0 Å². The topological polar surface area (TPSA) is 70.2 Å². The summed E-state index contributed by atoms with van der Waals surface area (Å²) in [5.41, 5.74) is 1.97. The van der Waals surface area contributed by atoms with Gasteiger partial charge in [-0.25, -0.2) is 9.18 Å². The number of benzene rings is 1. The predicted octanol–water partition coefficient (Wildman–Crippen LogP) is 2.83. The van der Waals surface area contributed by atoms with Crippen LogP contribution in [0.1, 0.15) is 36.1 Å². The molecule has 25 heavy (non-hydrogen) atoms. The molecular weight excluding hydrogens is 323 g/mol. The highest BCUT2D eigenvalue weighted by Crippen LogP contribution is 2.26. The number of methoxy groups -OCH3 is 1. The lowest BCUT2D eigenvalue weighted by Gasteiger charge is -2.32. The fraction of sp³-hybridized carbons (Fsp3) is 0.444. The van der Waals surface area contributed by atoms with Gasteiger partial charge in [0.05, 0.1) is 6.10 Å². The van der Waals surface area contributed by atoms with Crippen LogP contribution in [0.25, 0.3) is 0 Å². The third-order valence-corrected chi connectivity index (χ3v) is 4.71. The third kappa shape index (κ3) is 4.36. The number of likely N-dealkylation sites (tertiary alicyclic amines) is 1. The summed E-state index contributed by atoms with van der Waals surface area (Å²) in [5, 5.41) is 9.91. The number of carbonyl (C=O) groups excluding carboxylic acids is 1. The van der Waals surface area contributed by atoms with Gasteiger partial charge in [-0.05, 0) is 36.6 Å². The van der Waals surface area contributed by atoms with Crippen molar-refractivity contribution in [2.45, 2.75) is 24.9 Å². The van der Waals surface area contributed by atoms with Crippen LogP contribution < -0.4 is 5.32 Å². The van der Waals surface area contributed by atoms with E-state index < -0.39 is 0 Å². The van der Waals surface area contributed by atoms with Gasteiger partial charge in [0.25, 0.3) is 0 Å². The summed E-state index contributed by atoms with van der Waals surface area (Å²) < 4.78 is 18.4. The maximum Gasteiger partial charge on any atom is 0.317 e. The summed E-state index contributed by atoms with van der Waals surface area (Å²) in [5.74, 6) is 0.139. The lowest BCUT2D eigenvalue weighted by Crippen LogP contribution is -2.45. The molecule has 1 aromatic heterocycles. The number of piperidine rings is 1. The van der Waals surface area contributed by atoms with Crippen molar-refractivity contribution < 1.29 is 13.9 Å². The number of hydrogen-bond acceptors (Lipinski definition) is 3. The van der Waals surface area contributed by atoms with Gasteiger partial charge in [0.2, 0.25) is 0 Å². The predicted molar refractivity (Wildman–Crippen MR) is 91.7 cm³/mol. The molecule has 1 atom stereocenters. The van der Waals surface area contributed by atoms with E-state index in [0.29, 0.717) is 25.6 Å². The lowest BCUT2D eigenvalue weighted by atomic mass is 9.94. The number of amides is 2. The minimum atomic E-state index is -0.299. The summed E-state index contributed by atoms with van der Waals surface area (Å²) in [6, 6.07) is 8.03. The van der Waals surface area contributed by atoms with Crippen molar-refractivity contribution >= 4 is 6.03 Å². The van der Waals surface area contributed by atoms with Gasteiger partial charge in [0.15, 0.2) is 0 Å². The second kappa shape index (κ2) is 8.11. The average Bonchev–Trinajstić information content (AvgIpc) is 3.18. The molecule has 2 amide bonds. The number of nitrogens with one attached hydrogen (secondary N) is 2. The maximum absolute atomic E-state index is 13.0. The molecule has 6 nitrogen and oxygen atoms in total. The van der Waals surface area contributed by atoms with Crippen molar-refractivity contribution in [3.05, 3.63) is 53.6 Å². The molecule has 2 aromatic rings.